The summed E-state index contributed by atoms with van der Waals surface area (Å²) in [6, 6.07) is 19.1. The van der Waals surface area contributed by atoms with Gasteiger partial charge in [-0.3, -0.25) is 9.59 Å². The molecule has 2 amide bonds. The summed E-state index contributed by atoms with van der Waals surface area (Å²) in [5, 5.41) is 7.10. The normalized spacial score (nSPS) is 10.5. The zero-order chi connectivity index (χ0) is 22.2. The van der Waals surface area contributed by atoms with Gasteiger partial charge in [0.15, 0.2) is 0 Å². The molecule has 0 aliphatic carbocycles. The second kappa shape index (κ2) is 10.4. The van der Waals surface area contributed by atoms with E-state index in [2.05, 4.69) is 15.8 Å². The second-order valence-corrected chi connectivity index (χ2v) is 7.00. The van der Waals surface area contributed by atoms with Crippen LogP contribution in [0.2, 0.25) is 10.0 Å². The lowest BCUT2D eigenvalue weighted by molar-refractivity contribution is -0.136. The van der Waals surface area contributed by atoms with Crippen LogP contribution in [0.4, 0.5) is 5.69 Å². The minimum absolute atomic E-state index is 0.327. The minimum atomic E-state index is -0.932. The van der Waals surface area contributed by atoms with Crippen molar-refractivity contribution >= 4 is 52.9 Å². The lowest BCUT2D eigenvalue weighted by Gasteiger charge is -2.05. The van der Waals surface area contributed by atoms with Crippen LogP contribution < -0.4 is 15.5 Å². The molecule has 0 aliphatic heterocycles. The maximum absolute atomic E-state index is 12.1. The van der Waals surface area contributed by atoms with E-state index in [1.54, 1.807) is 66.7 Å². The molecule has 0 saturated carbocycles. The summed E-state index contributed by atoms with van der Waals surface area (Å²) < 4.78 is 5.28. The number of benzene rings is 3. The highest BCUT2D eigenvalue weighted by Crippen LogP contribution is 2.16. The molecule has 0 aliphatic rings. The Balaban J connectivity index is 1.50. The maximum atomic E-state index is 12.1. The Hall–Kier alpha value is -3.68. The van der Waals surface area contributed by atoms with Gasteiger partial charge < -0.3 is 10.1 Å². The van der Waals surface area contributed by atoms with E-state index in [4.69, 9.17) is 27.9 Å². The van der Waals surface area contributed by atoms with Crippen molar-refractivity contribution in [3.8, 4) is 5.75 Å². The molecule has 0 atom stereocenters. The molecule has 0 radical (unpaired) electrons. The molecule has 0 bridgehead atoms. The van der Waals surface area contributed by atoms with Crippen molar-refractivity contribution in [1.29, 1.82) is 0 Å². The van der Waals surface area contributed by atoms with Crippen LogP contribution >= 0.6 is 23.2 Å². The quantitative estimate of drug-likeness (QED) is 0.197. The Morgan fingerprint density at radius 3 is 2.23 bits per heavy atom. The fraction of sp³-hybridized carbons (Fsp3) is 0. The van der Waals surface area contributed by atoms with Crippen LogP contribution in [0.3, 0.4) is 0 Å². The first-order valence-corrected chi connectivity index (χ1v) is 9.64. The first kappa shape index (κ1) is 22.0. The van der Waals surface area contributed by atoms with Gasteiger partial charge in [-0.15, -0.1) is 0 Å². The molecular formula is C22H15Cl2N3O4. The van der Waals surface area contributed by atoms with Gasteiger partial charge in [-0.25, -0.2) is 10.2 Å². The van der Waals surface area contributed by atoms with E-state index in [0.717, 1.165) is 0 Å². The van der Waals surface area contributed by atoms with E-state index in [1.807, 2.05) is 0 Å². The van der Waals surface area contributed by atoms with Crippen molar-refractivity contribution in [1.82, 2.24) is 5.43 Å². The van der Waals surface area contributed by atoms with Gasteiger partial charge in [0.05, 0.1) is 11.8 Å². The highest BCUT2D eigenvalue weighted by molar-refractivity contribution is 6.39. The lowest BCUT2D eigenvalue weighted by atomic mass is 10.2. The van der Waals surface area contributed by atoms with E-state index in [1.165, 1.54) is 12.3 Å². The first-order valence-electron chi connectivity index (χ1n) is 8.88. The topological polar surface area (TPSA) is 96.9 Å². The van der Waals surface area contributed by atoms with Crippen LogP contribution in [-0.2, 0) is 9.59 Å². The summed E-state index contributed by atoms with van der Waals surface area (Å²) in [5.74, 6) is -2.02. The molecule has 0 spiro atoms. The summed E-state index contributed by atoms with van der Waals surface area (Å²) in [5.41, 5.74) is 3.50. The second-order valence-electron chi connectivity index (χ2n) is 6.13. The number of esters is 1. The smallest absolute Gasteiger partial charge is 0.343 e. The fourth-order valence-electron chi connectivity index (χ4n) is 2.34. The maximum Gasteiger partial charge on any atom is 0.343 e. The third kappa shape index (κ3) is 6.67. The highest BCUT2D eigenvalue weighted by Gasteiger charge is 2.13. The number of hydrogen-bond acceptors (Lipinski definition) is 5. The van der Waals surface area contributed by atoms with Crippen molar-refractivity contribution in [3.05, 3.63) is 94.0 Å². The van der Waals surface area contributed by atoms with Crippen molar-refractivity contribution in [2.45, 2.75) is 0 Å². The molecule has 0 aromatic heterocycles. The van der Waals surface area contributed by atoms with E-state index in [9.17, 15) is 14.4 Å². The molecule has 0 fully saturated rings. The number of hydrazone groups is 1. The third-order valence-corrected chi connectivity index (χ3v) is 4.33. The molecule has 7 nitrogen and oxygen atoms in total. The molecule has 9 heteroatoms. The van der Waals surface area contributed by atoms with Gasteiger partial charge in [-0.1, -0.05) is 29.3 Å². The van der Waals surface area contributed by atoms with Gasteiger partial charge in [0.25, 0.3) is 0 Å². The number of hydrogen-bond donors (Lipinski definition) is 2. The Labute approximate surface area is 187 Å². The molecular weight excluding hydrogens is 441 g/mol. The largest absolute Gasteiger partial charge is 0.423 e. The van der Waals surface area contributed by atoms with Gasteiger partial charge >= 0.3 is 17.8 Å². The zero-order valence-electron chi connectivity index (χ0n) is 15.8. The van der Waals surface area contributed by atoms with Gasteiger partial charge in [0.1, 0.15) is 5.75 Å². The van der Waals surface area contributed by atoms with Crippen LogP contribution in [0.15, 0.2) is 77.9 Å². The van der Waals surface area contributed by atoms with Gasteiger partial charge in [0.2, 0.25) is 0 Å². The molecule has 31 heavy (non-hydrogen) atoms. The van der Waals surface area contributed by atoms with Crippen molar-refractivity contribution in [2.75, 3.05) is 5.32 Å². The Kier molecular flexibility index (Phi) is 7.37. The number of ether oxygens (including phenoxy) is 1. The average Bonchev–Trinajstić information content (AvgIpc) is 2.76. The Morgan fingerprint density at radius 1 is 0.839 bits per heavy atom. The first-order chi connectivity index (χ1) is 14.9. The number of carbonyl (C=O) groups excluding carboxylic acids is 3. The summed E-state index contributed by atoms with van der Waals surface area (Å²) in [7, 11) is 0. The summed E-state index contributed by atoms with van der Waals surface area (Å²) in [6.45, 7) is 0. The number of amides is 2. The van der Waals surface area contributed by atoms with Crippen LogP contribution in [0, 0.1) is 0 Å². The predicted octanol–water partition coefficient (Wildman–Crippen LogP) is 4.30. The standard InChI is InChI=1S/C22H15Cl2N3O4/c23-16-6-8-18(9-7-16)26-20(28)21(29)27-25-13-14-4-10-19(11-5-14)31-22(30)15-2-1-3-17(24)12-15/h1-13H,(H,26,28)(H,27,29)/b25-13-. The SMILES string of the molecule is O=C(N/N=C\c1ccc(OC(=O)c2cccc(Cl)c2)cc1)C(=O)Nc1ccc(Cl)cc1. The van der Waals surface area contributed by atoms with E-state index in [-0.39, 0.29) is 0 Å². The zero-order valence-corrected chi connectivity index (χ0v) is 17.4. The number of rotatable bonds is 5. The monoisotopic (exact) mass is 455 g/mol. The van der Waals surface area contributed by atoms with Gasteiger partial charge in [-0.05, 0) is 72.3 Å². The Bertz CT molecular complexity index is 1130. The highest BCUT2D eigenvalue weighted by atomic mass is 35.5. The number of carbonyl (C=O) groups is 3. The van der Waals surface area contributed by atoms with E-state index >= 15 is 0 Å². The molecule has 0 saturated heterocycles. The lowest BCUT2D eigenvalue weighted by Crippen LogP contribution is -2.32. The van der Waals surface area contributed by atoms with Crippen molar-refractivity contribution < 1.29 is 19.1 Å². The summed E-state index contributed by atoms with van der Waals surface area (Å²) in [6.07, 6.45) is 1.34. The van der Waals surface area contributed by atoms with E-state index in [0.29, 0.717) is 32.6 Å². The minimum Gasteiger partial charge on any atom is -0.423 e. The number of halogens is 2. The molecule has 2 N–H and O–H groups in total. The predicted molar refractivity (Wildman–Crippen MR) is 119 cm³/mol. The fourth-order valence-corrected chi connectivity index (χ4v) is 2.66. The van der Waals surface area contributed by atoms with Gasteiger partial charge in [-0.2, -0.15) is 5.10 Å². The van der Waals surface area contributed by atoms with Crippen LogP contribution in [0.1, 0.15) is 15.9 Å². The van der Waals surface area contributed by atoms with Crippen molar-refractivity contribution in [2.24, 2.45) is 5.10 Å². The number of anilines is 1. The average molecular weight is 456 g/mol. The van der Waals surface area contributed by atoms with Crippen LogP contribution in [-0.4, -0.2) is 24.0 Å². The molecule has 0 heterocycles. The third-order valence-electron chi connectivity index (χ3n) is 3.84. The number of nitrogens with one attached hydrogen (secondary N) is 2. The molecule has 3 aromatic rings. The molecule has 3 aromatic carbocycles. The molecule has 0 unspecified atom stereocenters. The summed E-state index contributed by atoms with van der Waals surface area (Å²) >= 11 is 11.6. The summed E-state index contributed by atoms with van der Waals surface area (Å²) in [4.78, 5) is 35.8. The van der Waals surface area contributed by atoms with Crippen LogP contribution in [0.25, 0.3) is 0 Å². The molecule has 3 rings (SSSR count). The van der Waals surface area contributed by atoms with Crippen molar-refractivity contribution in [3.63, 3.8) is 0 Å². The van der Waals surface area contributed by atoms with Gasteiger partial charge in [0, 0.05) is 15.7 Å². The molecule has 156 valence electrons. The van der Waals surface area contributed by atoms with Crippen LogP contribution in [0.5, 0.6) is 5.75 Å². The van der Waals surface area contributed by atoms with E-state index < -0.39 is 17.8 Å². The number of nitrogens with zero attached hydrogens (tertiary/aromatic N) is 1. The Morgan fingerprint density at radius 2 is 1.55 bits per heavy atom.